The van der Waals surface area contributed by atoms with Crippen molar-refractivity contribution in [3.8, 4) is 11.4 Å². The Labute approximate surface area is 112 Å². The SMILES string of the molecule is CCON=Cc1ccc(-c2noc(C(F)(F)F)n2)cc1. The Kier molecular flexibility index (Phi) is 4.02. The van der Waals surface area contributed by atoms with Crippen LogP contribution in [0.5, 0.6) is 0 Å². The molecule has 0 unspecified atom stereocenters. The Morgan fingerprint density at radius 2 is 2.00 bits per heavy atom. The van der Waals surface area contributed by atoms with Gasteiger partial charge in [-0.25, -0.2) is 0 Å². The highest BCUT2D eigenvalue weighted by Gasteiger charge is 2.38. The molecule has 0 amide bonds. The van der Waals surface area contributed by atoms with Gasteiger partial charge in [0.1, 0.15) is 6.61 Å². The molecule has 1 aromatic carbocycles. The Hall–Kier alpha value is -2.38. The third kappa shape index (κ3) is 3.34. The standard InChI is InChI=1S/C12H10F3N3O2/c1-2-19-16-7-8-3-5-9(6-4-8)10-17-11(20-18-10)12(13,14)15/h3-7H,2H2,1H3. The summed E-state index contributed by atoms with van der Waals surface area (Å²) in [5.74, 6) is -1.49. The fourth-order valence-corrected chi connectivity index (χ4v) is 1.35. The number of hydrogen-bond donors (Lipinski definition) is 0. The normalized spacial score (nSPS) is 12.0. The molecule has 0 aliphatic carbocycles. The molecule has 0 atom stereocenters. The highest BCUT2D eigenvalue weighted by atomic mass is 19.4. The van der Waals surface area contributed by atoms with Crippen LogP contribution in [0, 0.1) is 0 Å². The first-order valence-electron chi connectivity index (χ1n) is 5.67. The summed E-state index contributed by atoms with van der Waals surface area (Å²) in [7, 11) is 0. The van der Waals surface area contributed by atoms with E-state index in [0.717, 1.165) is 5.56 Å². The van der Waals surface area contributed by atoms with Crippen molar-refractivity contribution >= 4 is 6.21 Å². The van der Waals surface area contributed by atoms with Crippen molar-refractivity contribution in [3.63, 3.8) is 0 Å². The first-order chi connectivity index (χ1) is 9.50. The van der Waals surface area contributed by atoms with E-state index >= 15 is 0 Å². The smallest absolute Gasteiger partial charge is 0.396 e. The second kappa shape index (κ2) is 5.72. The van der Waals surface area contributed by atoms with Gasteiger partial charge >= 0.3 is 12.1 Å². The highest BCUT2D eigenvalue weighted by Crippen LogP contribution is 2.29. The molecule has 0 aliphatic rings. The summed E-state index contributed by atoms with van der Waals surface area (Å²) >= 11 is 0. The molecule has 2 rings (SSSR count). The summed E-state index contributed by atoms with van der Waals surface area (Å²) in [6.07, 6.45) is -3.15. The number of nitrogens with zero attached hydrogens (tertiary/aromatic N) is 3. The van der Waals surface area contributed by atoms with E-state index in [0.29, 0.717) is 12.2 Å². The number of benzene rings is 1. The molecule has 20 heavy (non-hydrogen) atoms. The van der Waals surface area contributed by atoms with E-state index < -0.39 is 12.1 Å². The van der Waals surface area contributed by atoms with Crippen molar-refractivity contribution in [2.45, 2.75) is 13.1 Å². The fraction of sp³-hybridized carbons (Fsp3) is 0.250. The Bertz CT molecular complexity index is 591. The van der Waals surface area contributed by atoms with Gasteiger partial charge < -0.3 is 9.36 Å². The zero-order chi connectivity index (χ0) is 14.6. The number of rotatable bonds is 4. The Morgan fingerprint density at radius 1 is 1.30 bits per heavy atom. The molecule has 0 saturated heterocycles. The van der Waals surface area contributed by atoms with E-state index in [1.165, 1.54) is 6.21 Å². The van der Waals surface area contributed by atoms with Gasteiger partial charge in [0.25, 0.3) is 0 Å². The van der Waals surface area contributed by atoms with Gasteiger partial charge in [0.15, 0.2) is 0 Å². The van der Waals surface area contributed by atoms with Crippen LogP contribution in [0.15, 0.2) is 33.9 Å². The van der Waals surface area contributed by atoms with Gasteiger partial charge in [-0.3, -0.25) is 0 Å². The van der Waals surface area contributed by atoms with Crippen LogP contribution in [0.3, 0.4) is 0 Å². The van der Waals surface area contributed by atoms with E-state index in [2.05, 4.69) is 19.8 Å². The summed E-state index contributed by atoms with van der Waals surface area (Å²) < 4.78 is 41.1. The number of hydrogen-bond acceptors (Lipinski definition) is 5. The lowest BCUT2D eigenvalue weighted by Crippen LogP contribution is -2.04. The summed E-state index contributed by atoms with van der Waals surface area (Å²) in [5, 5.41) is 6.97. The van der Waals surface area contributed by atoms with Gasteiger partial charge in [0, 0.05) is 5.56 Å². The zero-order valence-electron chi connectivity index (χ0n) is 10.4. The van der Waals surface area contributed by atoms with E-state index in [1.54, 1.807) is 31.2 Å². The maximum absolute atomic E-state index is 12.3. The van der Waals surface area contributed by atoms with Crippen molar-refractivity contribution in [2.24, 2.45) is 5.16 Å². The Morgan fingerprint density at radius 3 is 2.55 bits per heavy atom. The van der Waals surface area contributed by atoms with Crippen molar-refractivity contribution in [3.05, 3.63) is 35.7 Å². The molecule has 8 heteroatoms. The second-order valence-electron chi connectivity index (χ2n) is 3.70. The maximum atomic E-state index is 12.3. The van der Waals surface area contributed by atoms with Crippen LogP contribution in [-0.4, -0.2) is 23.0 Å². The van der Waals surface area contributed by atoms with Crippen LogP contribution in [0.25, 0.3) is 11.4 Å². The van der Waals surface area contributed by atoms with Crippen LogP contribution in [0.4, 0.5) is 13.2 Å². The third-order valence-corrected chi connectivity index (χ3v) is 2.24. The van der Waals surface area contributed by atoms with Crippen molar-refractivity contribution in [2.75, 3.05) is 6.61 Å². The van der Waals surface area contributed by atoms with E-state index in [-0.39, 0.29) is 5.82 Å². The number of oxime groups is 1. The fourth-order valence-electron chi connectivity index (χ4n) is 1.35. The molecule has 0 saturated carbocycles. The van der Waals surface area contributed by atoms with Crippen molar-refractivity contribution in [1.29, 1.82) is 0 Å². The molecular formula is C12H10F3N3O2. The highest BCUT2D eigenvalue weighted by molar-refractivity contribution is 5.80. The van der Waals surface area contributed by atoms with Gasteiger partial charge in [0.05, 0.1) is 6.21 Å². The average Bonchev–Trinajstić information content (AvgIpc) is 2.89. The van der Waals surface area contributed by atoms with Gasteiger partial charge in [0.2, 0.25) is 5.82 Å². The topological polar surface area (TPSA) is 60.5 Å². The first-order valence-corrected chi connectivity index (χ1v) is 5.67. The van der Waals surface area contributed by atoms with Crippen LogP contribution in [0.1, 0.15) is 18.4 Å². The van der Waals surface area contributed by atoms with E-state index in [1.807, 2.05) is 0 Å². The number of aromatic nitrogens is 2. The lowest BCUT2D eigenvalue weighted by atomic mass is 10.1. The average molecular weight is 285 g/mol. The van der Waals surface area contributed by atoms with Gasteiger partial charge in [-0.05, 0) is 12.5 Å². The third-order valence-electron chi connectivity index (χ3n) is 2.24. The molecule has 0 spiro atoms. The van der Waals surface area contributed by atoms with Crippen LogP contribution < -0.4 is 0 Å². The van der Waals surface area contributed by atoms with E-state index in [9.17, 15) is 13.2 Å². The molecule has 2 aromatic rings. The molecule has 1 aromatic heterocycles. The van der Waals surface area contributed by atoms with Gasteiger partial charge in [-0.15, -0.1) is 0 Å². The van der Waals surface area contributed by atoms with Crippen molar-refractivity contribution < 1.29 is 22.5 Å². The summed E-state index contributed by atoms with van der Waals surface area (Å²) in [4.78, 5) is 8.09. The minimum Gasteiger partial charge on any atom is -0.396 e. The maximum Gasteiger partial charge on any atom is 0.471 e. The molecule has 0 bridgehead atoms. The molecule has 0 fully saturated rings. The lowest BCUT2D eigenvalue weighted by molar-refractivity contribution is -0.159. The molecule has 0 radical (unpaired) electrons. The monoisotopic (exact) mass is 285 g/mol. The van der Waals surface area contributed by atoms with Gasteiger partial charge in [-0.2, -0.15) is 18.2 Å². The van der Waals surface area contributed by atoms with E-state index in [4.69, 9.17) is 4.84 Å². The van der Waals surface area contributed by atoms with Crippen LogP contribution >= 0.6 is 0 Å². The minimum absolute atomic E-state index is 0.120. The summed E-state index contributed by atoms with van der Waals surface area (Å²) in [5.41, 5.74) is 1.15. The molecule has 0 aliphatic heterocycles. The second-order valence-corrected chi connectivity index (χ2v) is 3.70. The summed E-state index contributed by atoms with van der Waals surface area (Å²) in [6, 6.07) is 6.44. The number of halogens is 3. The summed E-state index contributed by atoms with van der Waals surface area (Å²) in [6.45, 7) is 2.26. The Balaban J connectivity index is 2.16. The van der Waals surface area contributed by atoms with Crippen LogP contribution in [-0.2, 0) is 11.0 Å². The molecule has 5 nitrogen and oxygen atoms in total. The van der Waals surface area contributed by atoms with Crippen LogP contribution in [0.2, 0.25) is 0 Å². The van der Waals surface area contributed by atoms with Gasteiger partial charge in [-0.1, -0.05) is 34.6 Å². The quantitative estimate of drug-likeness (QED) is 0.639. The minimum atomic E-state index is -4.64. The largest absolute Gasteiger partial charge is 0.471 e. The molecule has 1 heterocycles. The van der Waals surface area contributed by atoms with Crippen molar-refractivity contribution in [1.82, 2.24) is 10.1 Å². The number of alkyl halides is 3. The molecule has 0 N–H and O–H groups in total. The lowest BCUT2D eigenvalue weighted by Gasteiger charge is -1.97. The predicted molar refractivity (Wildman–Crippen MR) is 64.0 cm³/mol. The molecule has 106 valence electrons. The predicted octanol–water partition coefficient (Wildman–Crippen LogP) is 3.13. The zero-order valence-corrected chi connectivity index (χ0v) is 10.4. The molecular weight excluding hydrogens is 275 g/mol. The first kappa shape index (κ1) is 14.0.